The average molecular weight is 97.0 g/mol. The summed E-state index contributed by atoms with van der Waals surface area (Å²) >= 11 is 4.23. The zero-order chi connectivity index (χ0) is 4.99. The van der Waals surface area contributed by atoms with E-state index in [9.17, 15) is 0 Å². The molecule has 0 fully saturated rings. The number of isothiocyanates is 1. The second-order valence-electron chi connectivity index (χ2n) is 0.961. The first-order valence-electron chi connectivity index (χ1n) is 1.60. The first kappa shape index (κ1) is 5.86. The van der Waals surface area contributed by atoms with Crippen molar-refractivity contribution in [2.75, 3.05) is 0 Å². The number of hydrogen-bond acceptors (Lipinski definition) is 2. The van der Waals surface area contributed by atoms with Gasteiger partial charge in [0.2, 0.25) is 0 Å². The van der Waals surface area contributed by atoms with Crippen molar-refractivity contribution in [3.8, 4) is 0 Å². The summed E-state index contributed by atoms with van der Waals surface area (Å²) in [6.45, 7) is 1.74. The van der Waals surface area contributed by atoms with Crippen molar-refractivity contribution in [1.29, 1.82) is 0 Å². The molecule has 30 valence electrons. The van der Waals surface area contributed by atoms with Crippen LogP contribution in [0.5, 0.6) is 0 Å². The maximum atomic E-state index is 5.11. The normalized spacial score (nSPS) is 12.2. The fraction of sp³-hybridized carbons (Fsp3) is 0.667. The van der Waals surface area contributed by atoms with Crippen molar-refractivity contribution in [2.24, 2.45) is 4.99 Å². The van der Waals surface area contributed by atoms with Crippen LogP contribution < -0.4 is 0 Å². The lowest BCUT2D eigenvalue weighted by atomic mass is 10.0. The second kappa shape index (κ2) is 3.07. The van der Waals surface area contributed by atoms with Gasteiger partial charge in [-0.1, -0.05) is 6.92 Å². The van der Waals surface area contributed by atoms with E-state index in [0.29, 0.717) is 0 Å². The van der Waals surface area contributed by atoms with Crippen LogP contribution in [0.15, 0.2) is 4.99 Å². The maximum absolute atomic E-state index is 5.11. The van der Waals surface area contributed by atoms with Crippen LogP contribution in [0.2, 0.25) is 0 Å². The van der Waals surface area contributed by atoms with Gasteiger partial charge in [-0.25, -0.2) is 4.99 Å². The maximum Gasteiger partial charge on any atom is 0.103 e. The first-order chi connectivity index (χ1) is 2.77. The van der Waals surface area contributed by atoms with Gasteiger partial charge in [-0.2, -0.15) is 0 Å². The van der Waals surface area contributed by atoms with Gasteiger partial charge in [0.1, 0.15) is 7.85 Å². The molecule has 0 bridgehead atoms. The van der Waals surface area contributed by atoms with Crippen molar-refractivity contribution >= 4 is 25.2 Å². The lowest BCUT2D eigenvalue weighted by Crippen LogP contribution is -1.91. The van der Waals surface area contributed by atoms with Gasteiger partial charge in [0, 0.05) is 5.94 Å². The van der Waals surface area contributed by atoms with E-state index >= 15 is 0 Å². The van der Waals surface area contributed by atoms with Crippen LogP contribution in [0.1, 0.15) is 6.92 Å². The summed E-state index contributed by atoms with van der Waals surface area (Å²) in [5.74, 6) is -0.192. The fourth-order valence-electron chi connectivity index (χ4n) is 0.0831. The van der Waals surface area contributed by atoms with E-state index < -0.39 is 0 Å². The molecule has 0 saturated heterocycles. The molecule has 0 aromatic carbocycles. The molecule has 1 unspecified atom stereocenters. The summed E-state index contributed by atoms with van der Waals surface area (Å²) in [5, 5.41) is 2.15. The van der Waals surface area contributed by atoms with Crippen molar-refractivity contribution in [3.05, 3.63) is 0 Å². The molecular weight excluding hydrogens is 92.9 g/mol. The molecule has 0 spiro atoms. The summed E-state index contributed by atoms with van der Waals surface area (Å²) < 4.78 is 0. The van der Waals surface area contributed by atoms with Gasteiger partial charge >= 0.3 is 0 Å². The molecule has 1 atom stereocenters. The topological polar surface area (TPSA) is 12.4 Å². The van der Waals surface area contributed by atoms with Crippen LogP contribution in [0.25, 0.3) is 0 Å². The quantitative estimate of drug-likeness (QED) is 0.265. The Morgan fingerprint density at radius 3 is 2.50 bits per heavy atom. The van der Waals surface area contributed by atoms with Gasteiger partial charge in [0.25, 0.3) is 0 Å². The van der Waals surface area contributed by atoms with Crippen molar-refractivity contribution < 1.29 is 0 Å². The van der Waals surface area contributed by atoms with Gasteiger partial charge < -0.3 is 0 Å². The molecule has 0 N–H and O–H groups in total. The Bertz CT molecular complexity index is 74.9. The van der Waals surface area contributed by atoms with E-state index in [2.05, 4.69) is 22.4 Å². The summed E-state index contributed by atoms with van der Waals surface area (Å²) in [6, 6.07) is 0. The minimum absolute atomic E-state index is 0.192. The predicted octanol–water partition coefficient (Wildman–Crippen LogP) is 0.604. The van der Waals surface area contributed by atoms with Gasteiger partial charge in [-0.15, -0.1) is 0 Å². The zero-order valence-electron chi connectivity index (χ0n) is 3.51. The molecule has 0 amide bonds. The largest absolute Gasteiger partial charge is 0.239 e. The van der Waals surface area contributed by atoms with Gasteiger partial charge in [0.05, 0.1) is 5.16 Å². The fourth-order valence-corrected chi connectivity index (χ4v) is 0.249. The molecule has 0 heterocycles. The number of rotatable bonds is 1. The first-order valence-corrected chi connectivity index (χ1v) is 2.00. The van der Waals surface area contributed by atoms with Gasteiger partial charge in [0.15, 0.2) is 0 Å². The molecule has 0 aliphatic rings. The molecule has 0 aromatic heterocycles. The van der Waals surface area contributed by atoms with Crippen molar-refractivity contribution in [3.63, 3.8) is 0 Å². The molecule has 0 aliphatic carbocycles. The second-order valence-corrected chi connectivity index (χ2v) is 1.14. The van der Waals surface area contributed by atoms with Crippen LogP contribution in [0.3, 0.4) is 0 Å². The molecule has 0 rings (SSSR count). The Hall–Kier alpha value is -0.135. The highest BCUT2D eigenvalue weighted by atomic mass is 32.1. The number of hydrogen-bond donors (Lipinski definition) is 0. The lowest BCUT2D eigenvalue weighted by Gasteiger charge is -1.83. The van der Waals surface area contributed by atoms with E-state index in [1.807, 2.05) is 0 Å². The highest BCUT2D eigenvalue weighted by Gasteiger charge is 1.77. The monoisotopic (exact) mass is 97.0 g/mol. The Morgan fingerprint density at radius 2 is 2.50 bits per heavy atom. The van der Waals surface area contributed by atoms with E-state index in [-0.39, 0.29) is 5.94 Å². The Kier molecular flexibility index (Phi) is 3.00. The van der Waals surface area contributed by atoms with Gasteiger partial charge in [-0.05, 0) is 12.2 Å². The highest BCUT2D eigenvalue weighted by molar-refractivity contribution is 7.78. The molecule has 2 radical (unpaired) electrons. The third kappa shape index (κ3) is 3.86. The molecule has 0 aliphatic heterocycles. The van der Waals surface area contributed by atoms with Crippen molar-refractivity contribution in [2.45, 2.75) is 12.9 Å². The van der Waals surface area contributed by atoms with Crippen LogP contribution in [0, 0.1) is 0 Å². The Morgan fingerprint density at radius 1 is 2.00 bits per heavy atom. The minimum Gasteiger partial charge on any atom is -0.239 e. The smallest absolute Gasteiger partial charge is 0.103 e. The molecule has 0 aromatic rings. The van der Waals surface area contributed by atoms with Crippen LogP contribution in [-0.4, -0.2) is 18.9 Å². The molecular formula is C3H4BNS. The van der Waals surface area contributed by atoms with E-state index in [1.54, 1.807) is 6.92 Å². The molecule has 0 saturated carbocycles. The Labute approximate surface area is 43.9 Å². The standard InChI is InChI=1S/C3H4BNS/c1-3(4)5-2-6/h3H,1H3. The number of thiocarbonyl (C=S) groups is 1. The highest BCUT2D eigenvalue weighted by Crippen LogP contribution is 1.73. The van der Waals surface area contributed by atoms with Gasteiger partial charge in [-0.3, -0.25) is 0 Å². The SMILES string of the molecule is [B]C(C)N=C=S. The third-order valence-corrected chi connectivity index (χ3v) is 0.362. The van der Waals surface area contributed by atoms with E-state index in [4.69, 9.17) is 7.85 Å². The summed E-state index contributed by atoms with van der Waals surface area (Å²) in [6.07, 6.45) is 0. The third-order valence-electron chi connectivity index (χ3n) is 0.256. The van der Waals surface area contributed by atoms with Crippen LogP contribution in [-0.2, 0) is 0 Å². The number of aliphatic imine (C=N–C) groups is 1. The van der Waals surface area contributed by atoms with Crippen LogP contribution in [0.4, 0.5) is 0 Å². The average Bonchev–Trinajstić information content (AvgIpc) is 1.35. The number of nitrogens with zero attached hydrogens (tertiary/aromatic N) is 1. The van der Waals surface area contributed by atoms with E-state index in [0.717, 1.165) is 0 Å². The van der Waals surface area contributed by atoms with Crippen LogP contribution >= 0.6 is 12.2 Å². The minimum atomic E-state index is -0.192. The molecule has 6 heavy (non-hydrogen) atoms. The van der Waals surface area contributed by atoms with E-state index in [1.165, 1.54) is 0 Å². The lowest BCUT2D eigenvalue weighted by molar-refractivity contribution is 1.04. The summed E-state index contributed by atoms with van der Waals surface area (Å²) in [7, 11) is 5.11. The zero-order valence-corrected chi connectivity index (χ0v) is 4.33. The summed E-state index contributed by atoms with van der Waals surface area (Å²) in [5.41, 5.74) is 0. The molecule has 3 heteroatoms. The summed E-state index contributed by atoms with van der Waals surface area (Å²) in [4.78, 5) is 3.47. The predicted molar refractivity (Wildman–Crippen MR) is 30.2 cm³/mol. The van der Waals surface area contributed by atoms with Crippen molar-refractivity contribution in [1.82, 2.24) is 0 Å². The Balaban J connectivity index is 3.29. The molecule has 1 nitrogen and oxygen atoms in total.